The monoisotopic (exact) mass is 440 g/mol. The fourth-order valence-corrected chi connectivity index (χ4v) is 3.01. The Kier molecular flexibility index (Phi) is 5.67. The standard InChI is InChI=1S/C22H19F3N6O/c1-13-8-9-19(28-18(26)10-13)32-17-7-2-4-14(11-17)20-29-21(31-30-20)27-16-6-3-5-15(12-16)22(23,24)25/h2-9,11-12H,10H2,1H3,(H2,26,28)(H2,27,29,30,31). The third-order valence-corrected chi connectivity index (χ3v) is 4.49. The molecule has 4 rings (SSSR count). The molecule has 164 valence electrons. The number of aliphatic imine (C=N–C) groups is 1. The lowest BCUT2D eigenvalue weighted by Gasteiger charge is -2.08. The average Bonchev–Trinajstić information content (AvgIpc) is 3.13. The minimum atomic E-state index is -4.43. The van der Waals surface area contributed by atoms with Gasteiger partial charge in [0.15, 0.2) is 5.82 Å². The van der Waals surface area contributed by atoms with E-state index < -0.39 is 11.7 Å². The van der Waals surface area contributed by atoms with Gasteiger partial charge >= 0.3 is 6.18 Å². The van der Waals surface area contributed by atoms with Crippen LogP contribution in [0.2, 0.25) is 0 Å². The molecule has 0 atom stereocenters. The molecule has 0 spiro atoms. The van der Waals surface area contributed by atoms with Crippen molar-refractivity contribution < 1.29 is 17.9 Å². The highest BCUT2D eigenvalue weighted by molar-refractivity contribution is 5.84. The first-order valence-corrected chi connectivity index (χ1v) is 9.62. The molecule has 0 amide bonds. The lowest BCUT2D eigenvalue weighted by molar-refractivity contribution is -0.137. The molecule has 0 radical (unpaired) electrons. The van der Waals surface area contributed by atoms with E-state index in [1.165, 1.54) is 12.1 Å². The van der Waals surface area contributed by atoms with Crippen LogP contribution in [0.5, 0.6) is 5.75 Å². The van der Waals surface area contributed by atoms with Gasteiger partial charge in [0, 0.05) is 23.7 Å². The fraction of sp³-hybridized carbons (Fsp3) is 0.136. The number of rotatable bonds is 5. The third kappa shape index (κ3) is 5.15. The third-order valence-electron chi connectivity index (χ3n) is 4.49. The number of nitrogens with two attached hydrogens (primary N) is 1. The summed E-state index contributed by atoms with van der Waals surface area (Å²) in [6, 6.07) is 11.9. The van der Waals surface area contributed by atoms with Crippen LogP contribution in [0.25, 0.3) is 11.4 Å². The largest absolute Gasteiger partial charge is 0.439 e. The maximum absolute atomic E-state index is 12.9. The second-order valence-electron chi connectivity index (χ2n) is 7.14. The molecule has 0 unspecified atom stereocenters. The molecular weight excluding hydrogens is 421 g/mol. The highest BCUT2D eigenvalue weighted by Crippen LogP contribution is 2.31. The number of aromatic nitrogens is 3. The molecule has 1 aliphatic rings. The Balaban J connectivity index is 1.51. The lowest BCUT2D eigenvalue weighted by atomic mass is 10.2. The average molecular weight is 440 g/mol. The molecule has 0 saturated heterocycles. The number of nitrogens with one attached hydrogen (secondary N) is 2. The molecule has 0 bridgehead atoms. The number of halogens is 3. The van der Waals surface area contributed by atoms with Crippen molar-refractivity contribution in [3.05, 3.63) is 77.7 Å². The number of aromatic amines is 1. The maximum atomic E-state index is 12.9. The molecule has 0 saturated carbocycles. The Hall–Kier alpha value is -4.08. The van der Waals surface area contributed by atoms with Crippen LogP contribution < -0.4 is 15.8 Å². The molecule has 10 heteroatoms. The maximum Gasteiger partial charge on any atom is 0.416 e. The van der Waals surface area contributed by atoms with Crippen molar-refractivity contribution in [3.8, 4) is 17.1 Å². The Morgan fingerprint density at radius 1 is 1.09 bits per heavy atom. The normalized spacial score (nSPS) is 14.2. The van der Waals surface area contributed by atoms with Crippen molar-refractivity contribution in [2.45, 2.75) is 19.5 Å². The van der Waals surface area contributed by atoms with Crippen LogP contribution in [0, 0.1) is 0 Å². The summed E-state index contributed by atoms with van der Waals surface area (Å²) in [7, 11) is 0. The summed E-state index contributed by atoms with van der Waals surface area (Å²) >= 11 is 0. The topological polar surface area (TPSA) is 101 Å². The summed E-state index contributed by atoms with van der Waals surface area (Å²) in [5, 5.41) is 9.57. The van der Waals surface area contributed by atoms with Gasteiger partial charge in [0.25, 0.3) is 0 Å². The van der Waals surface area contributed by atoms with Crippen LogP contribution in [0.4, 0.5) is 24.8 Å². The van der Waals surface area contributed by atoms with Crippen molar-refractivity contribution in [1.82, 2.24) is 15.2 Å². The number of alkyl halides is 3. The molecule has 2 aromatic carbocycles. The van der Waals surface area contributed by atoms with Gasteiger partial charge in [0.05, 0.1) is 5.56 Å². The molecule has 0 fully saturated rings. The van der Waals surface area contributed by atoms with Gasteiger partial charge in [-0.05, 0) is 37.3 Å². The van der Waals surface area contributed by atoms with Crippen LogP contribution in [-0.4, -0.2) is 21.0 Å². The van der Waals surface area contributed by atoms with Crippen LogP contribution >= 0.6 is 0 Å². The van der Waals surface area contributed by atoms with Gasteiger partial charge in [-0.3, -0.25) is 5.10 Å². The Labute approximate surface area is 181 Å². The first-order valence-electron chi connectivity index (χ1n) is 9.62. The summed E-state index contributed by atoms with van der Waals surface area (Å²) < 4.78 is 44.5. The van der Waals surface area contributed by atoms with Crippen molar-refractivity contribution in [2.75, 3.05) is 5.32 Å². The van der Waals surface area contributed by atoms with Crippen LogP contribution in [0.15, 0.2) is 77.1 Å². The van der Waals surface area contributed by atoms with Crippen molar-refractivity contribution in [3.63, 3.8) is 0 Å². The van der Waals surface area contributed by atoms with E-state index in [-0.39, 0.29) is 11.6 Å². The molecule has 1 aromatic heterocycles. The molecule has 32 heavy (non-hydrogen) atoms. The predicted molar refractivity (Wildman–Crippen MR) is 115 cm³/mol. The second-order valence-corrected chi connectivity index (χ2v) is 7.14. The van der Waals surface area contributed by atoms with Crippen LogP contribution in [0.1, 0.15) is 18.9 Å². The van der Waals surface area contributed by atoms with E-state index in [1.807, 2.05) is 13.0 Å². The van der Waals surface area contributed by atoms with E-state index in [0.29, 0.717) is 35.3 Å². The molecule has 4 N–H and O–H groups in total. The highest BCUT2D eigenvalue weighted by Gasteiger charge is 2.30. The van der Waals surface area contributed by atoms with E-state index in [9.17, 15) is 13.2 Å². The molecule has 3 aromatic rings. The van der Waals surface area contributed by atoms with E-state index in [2.05, 4.69) is 25.5 Å². The summed E-state index contributed by atoms with van der Waals surface area (Å²) in [4.78, 5) is 8.56. The van der Waals surface area contributed by atoms with Gasteiger partial charge in [-0.15, -0.1) is 5.10 Å². The highest BCUT2D eigenvalue weighted by atomic mass is 19.4. The number of nitrogens with zero attached hydrogens (tertiary/aromatic N) is 3. The minimum absolute atomic E-state index is 0.134. The van der Waals surface area contributed by atoms with Gasteiger partial charge in [-0.2, -0.15) is 18.2 Å². The van der Waals surface area contributed by atoms with Crippen LogP contribution in [-0.2, 0) is 6.18 Å². The molecular formula is C22H19F3N6O. The molecule has 0 aliphatic carbocycles. The number of benzene rings is 2. The number of ether oxygens (including phenoxy) is 1. The number of hydrogen-bond acceptors (Lipinski definition) is 6. The summed E-state index contributed by atoms with van der Waals surface area (Å²) in [5.41, 5.74) is 7.09. The fourth-order valence-electron chi connectivity index (χ4n) is 3.01. The van der Waals surface area contributed by atoms with Gasteiger partial charge in [0.1, 0.15) is 11.6 Å². The van der Waals surface area contributed by atoms with Crippen molar-refractivity contribution in [2.24, 2.45) is 10.7 Å². The molecule has 1 aliphatic heterocycles. The van der Waals surface area contributed by atoms with Gasteiger partial charge < -0.3 is 15.8 Å². The Morgan fingerprint density at radius 3 is 2.72 bits per heavy atom. The van der Waals surface area contributed by atoms with Gasteiger partial charge in [-0.1, -0.05) is 29.8 Å². The summed E-state index contributed by atoms with van der Waals surface area (Å²) in [6.45, 7) is 1.96. The summed E-state index contributed by atoms with van der Waals surface area (Å²) in [5.74, 6) is 1.89. The van der Waals surface area contributed by atoms with Crippen molar-refractivity contribution >= 4 is 17.5 Å². The predicted octanol–water partition coefficient (Wildman–Crippen LogP) is 5.16. The number of allylic oxidation sites excluding steroid dienone is 2. The van der Waals surface area contributed by atoms with Crippen LogP contribution in [0.3, 0.4) is 0 Å². The number of amidine groups is 1. The zero-order chi connectivity index (χ0) is 22.7. The van der Waals surface area contributed by atoms with Gasteiger partial charge in [-0.25, -0.2) is 4.99 Å². The number of H-pyrrole nitrogens is 1. The molecule has 2 heterocycles. The lowest BCUT2D eigenvalue weighted by Crippen LogP contribution is -2.12. The van der Waals surface area contributed by atoms with E-state index >= 15 is 0 Å². The van der Waals surface area contributed by atoms with Gasteiger partial charge in [0.2, 0.25) is 11.8 Å². The zero-order valence-electron chi connectivity index (χ0n) is 16.9. The SMILES string of the molecule is CC1=CC=C(Oc2cccc(-c3nc(Nc4cccc(C(F)(F)F)c4)n[nH]3)c2)N=C(N)C1. The van der Waals surface area contributed by atoms with E-state index in [0.717, 1.165) is 17.7 Å². The quantitative estimate of drug-likeness (QED) is 0.509. The molecule has 7 nitrogen and oxygen atoms in total. The van der Waals surface area contributed by atoms with Crippen molar-refractivity contribution in [1.29, 1.82) is 0 Å². The zero-order valence-corrected chi connectivity index (χ0v) is 16.9. The number of hydrogen-bond donors (Lipinski definition) is 3. The van der Waals surface area contributed by atoms with E-state index in [1.54, 1.807) is 30.3 Å². The Bertz CT molecular complexity index is 1230. The number of anilines is 2. The summed E-state index contributed by atoms with van der Waals surface area (Å²) in [6.07, 6.45) is -0.223. The minimum Gasteiger partial charge on any atom is -0.439 e. The Morgan fingerprint density at radius 2 is 1.91 bits per heavy atom. The first-order chi connectivity index (χ1) is 15.3. The van der Waals surface area contributed by atoms with E-state index in [4.69, 9.17) is 10.5 Å². The first kappa shape index (κ1) is 21.2. The second kappa shape index (κ2) is 8.58. The smallest absolute Gasteiger partial charge is 0.416 e.